The summed E-state index contributed by atoms with van der Waals surface area (Å²) in [4.78, 5) is 23.8. The second-order valence-electron chi connectivity index (χ2n) is 8.00. The van der Waals surface area contributed by atoms with Crippen LogP contribution in [0, 0.1) is 0 Å². The molecule has 0 atom stereocenters. The second-order valence-corrected chi connectivity index (χ2v) is 8.00. The summed E-state index contributed by atoms with van der Waals surface area (Å²) in [5, 5.41) is 8.34. The number of amides is 2. The Bertz CT molecular complexity index is 817. The largest absolute Gasteiger partial charge is 0.273 e. The predicted molar refractivity (Wildman–Crippen MR) is 130 cm³/mol. The van der Waals surface area contributed by atoms with Crippen molar-refractivity contribution in [2.45, 2.75) is 65.2 Å². The van der Waals surface area contributed by atoms with E-state index in [1.807, 2.05) is 74.5 Å². The van der Waals surface area contributed by atoms with E-state index in [-0.39, 0.29) is 11.8 Å². The quantitative estimate of drug-likeness (QED) is 0.270. The molecular formula is C26H34N4O2. The highest BCUT2D eigenvalue weighted by molar-refractivity contribution is 5.86. The van der Waals surface area contributed by atoms with Gasteiger partial charge in [0.1, 0.15) is 0 Å². The molecule has 170 valence electrons. The van der Waals surface area contributed by atoms with Gasteiger partial charge in [-0.15, -0.1) is 0 Å². The average molecular weight is 435 g/mol. The molecule has 0 aromatic heterocycles. The molecular weight excluding hydrogens is 400 g/mol. The van der Waals surface area contributed by atoms with Crippen molar-refractivity contribution in [3.63, 3.8) is 0 Å². The molecule has 6 nitrogen and oxygen atoms in total. The van der Waals surface area contributed by atoms with Gasteiger partial charge in [-0.05, 0) is 37.8 Å². The van der Waals surface area contributed by atoms with Gasteiger partial charge in [0.15, 0.2) is 0 Å². The Morgan fingerprint density at radius 3 is 1.38 bits per heavy atom. The normalized spacial score (nSPS) is 11.8. The number of rotatable bonds is 13. The standard InChI is InChI=1S/C26H34N4O2/c1-21(19-23-13-7-5-8-14-23)27-29-25(31)17-11-3-4-12-18-26(32)30-28-22(2)20-24-15-9-6-10-16-24/h5-10,13-16H,3-4,11-12,17-20H2,1-2H3,(H,29,31)(H,30,32)/b27-21+,28-22+. The number of carbonyl (C=O) groups excluding carboxylic acids is 2. The molecule has 2 amide bonds. The number of hydrogen-bond donors (Lipinski definition) is 2. The predicted octanol–water partition coefficient (Wildman–Crippen LogP) is 4.80. The fourth-order valence-electron chi connectivity index (χ4n) is 3.21. The van der Waals surface area contributed by atoms with Gasteiger partial charge in [-0.3, -0.25) is 9.59 Å². The van der Waals surface area contributed by atoms with Crippen molar-refractivity contribution in [2.24, 2.45) is 10.2 Å². The van der Waals surface area contributed by atoms with Gasteiger partial charge >= 0.3 is 0 Å². The summed E-state index contributed by atoms with van der Waals surface area (Å²) in [6.45, 7) is 3.82. The van der Waals surface area contributed by atoms with Crippen LogP contribution in [-0.2, 0) is 22.4 Å². The Kier molecular flexibility index (Phi) is 11.5. The minimum Gasteiger partial charge on any atom is -0.273 e. The van der Waals surface area contributed by atoms with E-state index in [1.165, 1.54) is 11.1 Å². The maximum absolute atomic E-state index is 11.9. The van der Waals surface area contributed by atoms with Gasteiger partial charge in [0.2, 0.25) is 11.8 Å². The lowest BCUT2D eigenvalue weighted by Gasteiger charge is -2.04. The summed E-state index contributed by atoms with van der Waals surface area (Å²) in [6.07, 6.45) is 5.71. The molecule has 0 saturated carbocycles. The van der Waals surface area contributed by atoms with Crippen molar-refractivity contribution < 1.29 is 9.59 Å². The van der Waals surface area contributed by atoms with Gasteiger partial charge in [-0.1, -0.05) is 73.5 Å². The minimum atomic E-state index is -0.0709. The average Bonchev–Trinajstić information content (AvgIpc) is 2.80. The first-order valence-corrected chi connectivity index (χ1v) is 11.2. The van der Waals surface area contributed by atoms with E-state index < -0.39 is 0 Å². The Hall–Kier alpha value is -3.28. The molecule has 0 radical (unpaired) electrons. The Morgan fingerprint density at radius 1 is 0.625 bits per heavy atom. The third kappa shape index (κ3) is 11.2. The number of unbranched alkanes of at least 4 members (excludes halogenated alkanes) is 3. The van der Waals surface area contributed by atoms with Crippen LogP contribution >= 0.6 is 0 Å². The summed E-state index contributed by atoms with van der Waals surface area (Å²) in [6, 6.07) is 20.1. The zero-order chi connectivity index (χ0) is 23.0. The van der Waals surface area contributed by atoms with Crippen molar-refractivity contribution in [1.29, 1.82) is 0 Å². The van der Waals surface area contributed by atoms with Crippen molar-refractivity contribution in [2.75, 3.05) is 0 Å². The smallest absolute Gasteiger partial charge is 0.240 e. The monoisotopic (exact) mass is 434 g/mol. The Balaban J connectivity index is 1.51. The van der Waals surface area contributed by atoms with Crippen LogP contribution in [-0.4, -0.2) is 23.2 Å². The van der Waals surface area contributed by atoms with E-state index in [1.54, 1.807) is 0 Å². The fraction of sp³-hybridized carbons (Fsp3) is 0.385. The van der Waals surface area contributed by atoms with Gasteiger partial charge in [0.05, 0.1) is 0 Å². The number of nitrogens with zero attached hydrogens (tertiary/aromatic N) is 2. The number of benzene rings is 2. The van der Waals surface area contributed by atoms with Crippen LogP contribution in [0.4, 0.5) is 0 Å². The molecule has 0 unspecified atom stereocenters. The minimum absolute atomic E-state index is 0.0709. The summed E-state index contributed by atoms with van der Waals surface area (Å²) >= 11 is 0. The number of hydrogen-bond acceptors (Lipinski definition) is 4. The van der Waals surface area contributed by atoms with Gasteiger partial charge in [-0.2, -0.15) is 10.2 Å². The molecule has 0 spiro atoms. The molecule has 2 aromatic rings. The lowest BCUT2D eigenvalue weighted by Crippen LogP contribution is -2.19. The molecule has 2 rings (SSSR count). The lowest BCUT2D eigenvalue weighted by molar-refractivity contribution is -0.122. The SMILES string of the molecule is C/C(Cc1ccccc1)=N\NC(=O)CCCCCCC(=O)N/N=C(\C)Cc1ccccc1. The number of nitrogens with one attached hydrogen (secondary N) is 2. The zero-order valence-corrected chi connectivity index (χ0v) is 19.1. The molecule has 0 bridgehead atoms. The van der Waals surface area contributed by atoms with E-state index in [2.05, 4.69) is 21.1 Å². The Labute approximate surface area is 191 Å². The summed E-state index contributed by atoms with van der Waals surface area (Å²) < 4.78 is 0. The third-order valence-corrected chi connectivity index (χ3v) is 4.91. The molecule has 0 aliphatic carbocycles. The van der Waals surface area contributed by atoms with Crippen molar-refractivity contribution in [3.8, 4) is 0 Å². The maximum atomic E-state index is 11.9. The third-order valence-electron chi connectivity index (χ3n) is 4.91. The topological polar surface area (TPSA) is 82.9 Å². The van der Waals surface area contributed by atoms with E-state index in [0.717, 1.165) is 49.9 Å². The van der Waals surface area contributed by atoms with Crippen LogP contribution in [0.3, 0.4) is 0 Å². The first-order valence-electron chi connectivity index (χ1n) is 11.2. The first-order chi connectivity index (χ1) is 15.5. The Morgan fingerprint density at radius 2 is 1.00 bits per heavy atom. The summed E-state index contributed by atoms with van der Waals surface area (Å²) in [5.74, 6) is -0.142. The highest BCUT2D eigenvalue weighted by Crippen LogP contribution is 2.06. The van der Waals surface area contributed by atoms with Crippen LogP contribution in [0.25, 0.3) is 0 Å². The van der Waals surface area contributed by atoms with Crippen LogP contribution in [0.15, 0.2) is 70.9 Å². The fourth-order valence-corrected chi connectivity index (χ4v) is 3.21. The van der Waals surface area contributed by atoms with Crippen molar-refractivity contribution in [1.82, 2.24) is 10.9 Å². The molecule has 0 aliphatic rings. The van der Waals surface area contributed by atoms with Crippen LogP contribution in [0.2, 0.25) is 0 Å². The van der Waals surface area contributed by atoms with E-state index in [9.17, 15) is 9.59 Å². The van der Waals surface area contributed by atoms with Gasteiger partial charge in [-0.25, -0.2) is 10.9 Å². The molecule has 2 N–H and O–H groups in total. The number of hydrazone groups is 2. The molecule has 0 fully saturated rings. The lowest BCUT2D eigenvalue weighted by atomic mass is 10.1. The van der Waals surface area contributed by atoms with E-state index in [0.29, 0.717) is 12.8 Å². The maximum Gasteiger partial charge on any atom is 0.240 e. The first kappa shape index (κ1) is 25.0. The van der Waals surface area contributed by atoms with E-state index in [4.69, 9.17) is 0 Å². The van der Waals surface area contributed by atoms with Crippen LogP contribution in [0.5, 0.6) is 0 Å². The molecule has 6 heteroatoms. The van der Waals surface area contributed by atoms with Crippen molar-refractivity contribution >= 4 is 23.2 Å². The van der Waals surface area contributed by atoms with E-state index >= 15 is 0 Å². The van der Waals surface area contributed by atoms with Crippen LogP contribution in [0.1, 0.15) is 63.5 Å². The van der Waals surface area contributed by atoms with Gasteiger partial charge in [0.25, 0.3) is 0 Å². The molecule has 0 heterocycles. The summed E-state index contributed by atoms with van der Waals surface area (Å²) in [7, 11) is 0. The highest BCUT2D eigenvalue weighted by atomic mass is 16.2. The number of carbonyl (C=O) groups is 2. The molecule has 0 aliphatic heterocycles. The van der Waals surface area contributed by atoms with Gasteiger partial charge in [0, 0.05) is 37.1 Å². The second kappa shape index (κ2) is 14.7. The zero-order valence-electron chi connectivity index (χ0n) is 19.1. The molecule has 0 saturated heterocycles. The van der Waals surface area contributed by atoms with Gasteiger partial charge < -0.3 is 0 Å². The van der Waals surface area contributed by atoms with Crippen molar-refractivity contribution in [3.05, 3.63) is 71.8 Å². The molecule has 32 heavy (non-hydrogen) atoms. The van der Waals surface area contributed by atoms with Crippen LogP contribution < -0.4 is 10.9 Å². The molecule has 2 aromatic carbocycles. The highest BCUT2D eigenvalue weighted by Gasteiger charge is 2.03. The summed E-state index contributed by atoms with van der Waals surface area (Å²) in [5.41, 5.74) is 9.34.